The van der Waals surface area contributed by atoms with E-state index in [4.69, 9.17) is 10.00 Å². The largest absolute Gasteiger partial charge is 0.381 e. The van der Waals surface area contributed by atoms with Gasteiger partial charge in [-0.1, -0.05) is 0 Å². The normalized spacial score (nSPS) is 18.9. The Labute approximate surface area is 119 Å². The van der Waals surface area contributed by atoms with E-state index in [1.165, 1.54) is 12.1 Å². The number of nitrogens with one attached hydrogen (secondary N) is 1. The summed E-state index contributed by atoms with van der Waals surface area (Å²) in [5, 5.41) is 8.79. The van der Waals surface area contributed by atoms with Gasteiger partial charge in [-0.15, -0.1) is 0 Å². The van der Waals surface area contributed by atoms with Crippen molar-refractivity contribution in [3.05, 3.63) is 29.3 Å². The maximum atomic E-state index is 12.2. The zero-order chi connectivity index (χ0) is 14.6. The molecule has 5 nitrogen and oxygen atoms in total. The van der Waals surface area contributed by atoms with Gasteiger partial charge in [0.25, 0.3) is 0 Å². The molecule has 6 heteroatoms. The third kappa shape index (κ3) is 3.57. The van der Waals surface area contributed by atoms with Gasteiger partial charge in [-0.2, -0.15) is 5.26 Å². The Balaban J connectivity index is 2.00. The first kappa shape index (κ1) is 15.0. The van der Waals surface area contributed by atoms with Gasteiger partial charge in [0.2, 0.25) is 10.0 Å². The van der Waals surface area contributed by atoms with E-state index in [0.717, 1.165) is 26.1 Å². The van der Waals surface area contributed by atoms with Crippen LogP contribution in [0.15, 0.2) is 23.1 Å². The third-order valence-corrected chi connectivity index (χ3v) is 5.08. The number of hydrogen-bond donors (Lipinski definition) is 1. The Hall–Kier alpha value is -1.42. The van der Waals surface area contributed by atoms with E-state index in [1.54, 1.807) is 13.0 Å². The van der Waals surface area contributed by atoms with Crippen LogP contribution in [0, 0.1) is 24.2 Å². The van der Waals surface area contributed by atoms with E-state index in [9.17, 15) is 8.42 Å². The molecular weight excluding hydrogens is 276 g/mol. The van der Waals surface area contributed by atoms with Crippen LogP contribution in [0.3, 0.4) is 0 Å². The second-order valence-electron chi connectivity index (χ2n) is 5.01. The summed E-state index contributed by atoms with van der Waals surface area (Å²) in [5.74, 6) is 0.444. The summed E-state index contributed by atoms with van der Waals surface area (Å²) >= 11 is 0. The third-order valence-electron chi connectivity index (χ3n) is 3.46. The van der Waals surface area contributed by atoms with Crippen LogP contribution in [0.4, 0.5) is 0 Å². The van der Waals surface area contributed by atoms with Crippen LogP contribution >= 0.6 is 0 Å². The van der Waals surface area contributed by atoms with E-state index in [1.807, 2.05) is 6.07 Å². The van der Waals surface area contributed by atoms with Crippen LogP contribution in [0.25, 0.3) is 0 Å². The lowest BCUT2D eigenvalue weighted by atomic mass is 10.1. The number of aryl methyl sites for hydroxylation is 1. The van der Waals surface area contributed by atoms with E-state index >= 15 is 0 Å². The fraction of sp³-hybridized carbons (Fsp3) is 0.500. The second-order valence-corrected chi connectivity index (χ2v) is 6.74. The lowest BCUT2D eigenvalue weighted by Gasteiger charge is -2.11. The van der Waals surface area contributed by atoms with Crippen molar-refractivity contribution in [3.63, 3.8) is 0 Å². The molecule has 1 aromatic rings. The maximum Gasteiger partial charge on any atom is 0.240 e. The van der Waals surface area contributed by atoms with Crippen LogP contribution in [0.1, 0.15) is 24.0 Å². The predicted octanol–water partition coefficient (Wildman–Crippen LogP) is 1.57. The minimum atomic E-state index is -3.51. The lowest BCUT2D eigenvalue weighted by molar-refractivity contribution is 0.184. The highest BCUT2D eigenvalue weighted by molar-refractivity contribution is 7.89. The smallest absolute Gasteiger partial charge is 0.240 e. The van der Waals surface area contributed by atoms with E-state index in [2.05, 4.69) is 4.72 Å². The maximum absolute atomic E-state index is 12.2. The fourth-order valence-corrected chi connectivity index (χ4v) is 3.58. The van der Waals surface area contributed by atoms with Crippen molar-refractivity contribution in [1.29, 1.82) is 5.26 Å². The molecule has 1 saturated heterocycles. The van der Waals surface area contributed by atoms with Crippen molar-refractivity contribution in [3.8, 4) is 6.07 Å². The minimum Gasteiger partial charge on any atom is -0.381 e. The summed E-state index contributed by atoms with van der Waals surface area (Å²) in [4.78, 5) is 0.235. The standard InChI is InChI=1S/C14H18N2O3S/c1-11-8-13(9-15)2-3-14(11)20(17,18)16-6-4-12-5-7-19-10-12/h2-3,8,12,16H,4-7,10H2,1H3. The molecule has 2 rings (SSSR count). The average Bonchev–Trinajstić information content (AvgIpc) is 2.91. The lowest BCUT2D eigenvalue weighted by Crippen LogP contribution is -2.27. The molecule has 1 aromatic carbocycles. The van der Waals surface area contributed by atoms with Crippen LogP contribution < -0.4 is 4.72 Å². The molecule has 1 aliphatic rings. The number of benzene rings is 1. The average molecular weight is 294 g/mol. The fourth-order valence-electron chi connectivity index (χ4n) is 2.31. The molecule has 0 aromatic heterocycles. The van der Waals surface area contributed by atoms with E-state index in [-0.39, 0.29) is 4.90 Å². The molecule has 108 valence electrons. The molecule has 0 saturated carbocycles. The van der Waals surface area contributed by atoms with Crippen LogP contribution in [0.5, 0.6) is 0 Å². The molecule has 0 radical (unpaired) electrons. The van der Waals surface area contributed by atoms with Gasteiger partial charge in [0.15, 0.2) is 0 Å². The molecule has 1 atom stereocenters. The summed E-state index contributed by atoms with van der Waals surface area (Å²) in [6.07, 6.45) is 1.78. The number of rotatable bonds is 5. The van der Waals surface area contributed by atoms with Gasteiger partial charge in [0, 0.05) is 19.8 Å². The molecular formula is C14H18N2O3S. The number of nitriles is 1. The van der Waals surface area contributed by atoms with Crippen molar-refractivity contribution >= 4 is 10.0 Å². The first-order valence-electron chi connectivity index (χ1n) is 6.61. The highest BCUT2D eigenvalue weighted by atomic mass is 32.2. The molecule has 1 unspecified atom stereocenters. The topological polar surface area (TPSA) is 79.2 Å². The predicted molar refractivity (Wildman–Crippen MR) is 74.6 cm³/mol. The van der Waals surface area contributed by atoms with Gasteiger partial charge in [-0.25, -0.2) is 13.1 Å². The van der Waals surface area contributed by atoms with Gasteiger partial charge in [0.05, 0.1) is 16.5 Å². The van der Waals surface area contributed by atoms with Crippen LogP contribution in [-0.4, -0.2) is 28.2 Å². The van der Waals surface area contributed by atoms with E-state index < -0.39 is 10.0 Å². The highest BCUT2D eigenvalue weighted by Gasteiger charge is 2.19. The van der Waals surface area contributed by atoms with Crippen LogP contribution in [-0.2, 0) is 14.8 Å². The molecule has 1 heterocycles. The Kier molecular flexibility index (Phi) is 4.76. The molecule has 1 aliphatic heterocycles. The number of nitrogens with zero attached hydrogens (tertiary/aromatic N) is 1. The zero-order valence-electron chi connectivity index (χ0n) is 11.4. The first-order valence-corrected chi connectivity index (χ1v) is 8.09. The highest BCUT2D eigenvalue weighted by Crippen LogP contribution is 2.18. The Morgan fingerprint density at radius 3 is 2.90 bits per heavy atom. The molecule has 0 spiro atoms. The van der Waals surface area contributed by atoms with Gasteiger partial charge >= 0.3 is 0 Å². The summed E-state index contributed by atoms with van der Waals surface area (Å²) in [6, 6.07) is 6.58. The molecule has 1 fully saturated rings. The molecule has 0 amide bonds. The number of sulfonamides is 1. The quantitative estimate of drug-likeness (QED) is 0.894. The Morgan fingerprint density at radius 2 is 2.30 bits per heavy atom. The van der Waals surface area contributed by atoms with Crippen molar-refractivity contribution in [2.75, 3.05) is 19.8 Å². The summed E-state index contributed by atoms with van der Waals surface area (Å²) in [5.41, 5.74) is 1.05. The summed E-state index contributed by atoms with van der Waals surface area (Å²) in [6.45, 7) is 3.60. The number of hydrogen-bond acceptors (Lipinski definition) is 4. The van der Waals surface area contributed by atoms with Gasteiger partial charge in [-0.3, -0.25) is 0 Å². The first-order chi connectivity index (χ1) is 9.53. The minimum absolute atomic E-state index is 0.235. The molecule has 0 bridgehead atoms. The van der Waals surface area contributed by atoms with Crippen molar-refractivity contribution in [2.45, 2.75) is 24.7 Å². The van der Waals surface area contributed by atoms with Crippen molar-refractivity contribution < 1.29 is 13.2 Å². The zero-order valence-corrected chi connectivity index (χ0v) is 12.2. The monoisotopic (exact) mass is 294 g/mol. The molecule has 1 N–H and O–H groups in total. The molecule has 0 aliphatic carbocycles. The van der Waals surface area contributed by atoms with Gasteiger partial charge in [0.1, 0.15) is 0 Å². The van der Waals surface area contributed by atoms with Crippen LogP contribution in [0.2, 0.25) is 0 Å². The second kappa shape index (κ2) is 6.35. The van der Waals surface area contributed by atoms with Gasteiger partial charge in [-0.05, 0) is 49.4 Å². The SMILES string of the molecule is Cc1cc(C#N)ccc1S(=O)(=O)NCCC1CCOC1. The summed E-state index contributed by atoms with van der Waals surface area (Å²) < 4.78 is 32.3. The van der Waals surface area contributed by atoms with Gasteiger partial charge < -0.3 is 4.74 Å². The Morgan fingerprint density at radius 1 is 1.50 bits per heavy atom. The van der Waals surface area contributed by atoms with Crippen molar-refractivity contribution in [1.82, 2.24) is 4.72 Å². The van der Waals surface area contributed by atoms with E-state index in [0.29, 0.717) is 23.6 Å². The summed E-state index contributed by atoms with van der Waals surface area (Å²) in [7, 11) is -3.51. The number of ether oxygens (including phenoxy) is 1. The van der Waals surface area contributed by atoms with Crippen molar-refractivity contribution in [2.24, 2.45) is 5.92 Å². The Bertz CT molecular complexity index is 614. The molecule has 20 heavy (non-hydrogen) atoms.